The quantitative estimate of drug-likeness (QED) is 0.782. The van der Waals surface area contributed by atoms with Gasteiger partial charge in [0.2, 0.25) is 0 Å². The maximum atomic E-state index is 10.2. The third-order valence-corrected chi connectivity index (χ3v) is 3.76. The molecule has 5 heteroatoms. The second-order valence-corrected chi connectivity index (χ2v) is 5.84. The fourth-order valence-corrected chi connectivity index (χ4v) is 2.78. The molecule has 1 aromatic rings. The molecule has 1 unspecified atom stereocenters. The number of nitrogens with zero attached hydrogens (tertiary/aromatic N) is 2. The summed E-state index contributed by atoms with van der Waals surface area (Å²) in [5.74, 6) is 0.905. The zero-order valence-electron chi connectivity index (χ0n) is 13.7. The van der Waals surface area contributed by atoms with Gasteiger partial charge in [0.15, 0.2) is 0 Å². The number of hydrogen-bond acceptors (Lipinski definition) is 5. The van der Waals surface area contributed by atoms with Crippen molar-refractivity contribution < 1.29 is 14.6 Å². The fraction of sp³-hybridized carbons (Fsp3) is 0.647. The van der Waals surface area contributed by atoms with E-state index in [9.17, 15) is 5.11 Å². The van der Waals surface area contributed by atoms with E-state index in [-0.39, 0.29) is 6.10 Å². The summed E-state index contributed by atoms with van der Waals surface area (Å²) in [6.45, 7) is 8.22. The number of benzene rings is 1. The summed E-state index contributed by atoms with van der Waals surface area (Å²) >= 11 is 0. The van der Waals surface area contributed by atoms with Gasteiger partial charge in [0, 0.05) is 32.7 Å². The van der Waals surface area contributed by atoms with Gasteiger partial charge in [0.05, 0.1) is 25.9 Å². The summed E-state index contributed by atoms with van der Waals surface area (Å²) in [7, 11) is 2.04. The van der Waals surface area contributed by atoms with E-state index in [0.29, 0.717) is 19.7 Å². The van der Waals surface area contributed by atoms with Crippen molar-refractivity contribution >= 4 is 0 Å². The van der Waals surface area contributed by atoms with E-state index >= 15 is 0 Å². The molecule has 1 heterocycles. The van der Waals surface area contributed by atoms with Crippen LogP contribution in [0.5, 0.6) is 5.75 Å². The van der Waals surface area contributed by atoms with Crippen LogP contribution in [0.3, 0.4) is 0 Å². The molecular weight excluding hydrogens is 280 g/mol. The molecule has 0 amide bonds. The first-order chi connectivity index (χ1) is 10.7. The number of aliphatic hydroxyl groups excluding tert-OH is 1. The molecule has 0 spiro atoms. The van der Waals surface area contributed by atoms with E-state index in [4.69, 9.17) is 9.47 Å². The molecule has 1 saturated heterocycles. The Bertz CT molecular complexity index is 436. The summed E-state index contributed by atoms with van der Waals surface area (Å²) in [6, 6.07) is 8.14. The summed E-state index contributed by atoms with van der Waals surface area (Å²) in [4.78, 5) is 4.41. The number of rotatable bonds is 8. The van der Waals surface area contributed by atoms with Gasteiger partial charge in [-0.3, -0.25) is 9.80 Å². The topological polar surface area (TPSA) is 45.2 Å². The zero-order chi connectivity index (χ0) is 15.8. The van der Waals surface area contributed by atoms with Crippen LogP contribution in [0.15, 0.2) is 24.3 Å². The van der Waals surface area contributed by atoms with Crippen molar-refractivity contribution in [3.05, 3.63) is 29.8 Å². The highest BCUT2D eigenvalue weighted by Crippen LogP contribution is 2.14. The lowest BCUT2D eigenvalue weighted by Gasteiger charge is -2.30. The summed E-state index contributed by atoms with van der Waals surface area (Å²) < 4.78 is 10.9. The van der Waals surface area contributed by atoms with E-state index < -0.39 is 0 Å². The number of likely N-dealkylation sites (N-methyl/N-ethyl adjacent to an activating group) is 1. The van der Waals surface area contributed by atoms with E-state index in [1.807, 2.05) is 26.1 Å². The first-order valence-corrected chi connectivity index (χ1v) is 8.06. The van der Waals surface area contributed by atoms with Crippen molar-refractivity contribution in [2.45, 2.75) is 19.6 Å². The normalized spacial score (nSPS) is 17.6. The predicted octanol–water partition coefficient (Wildman–Crippen LogP) is 1.21. The molecule has 1 aliphatic heterocycles. The SMILES string of the molecule is CCOc1cccc(CN(C)CC(O)CN2CCOCC2)c1. The molecule has 5 nitrogen and oxygen atoms in total. The highest BCUT2D eigenvalue weighted by molar-refractivity contribution is 5.28. The molecule has 1 aliphatic rings. The lowest BCUT2D eigenvalue weighted by molar-refractivity contribution is 0.00825. The van der Waals surface area contributed by atoms with E-state index in [1.54, 1.807) is 0 Å². The van der Waals surface area contributed by atoms with Crippen molar-refractivity contribution in [2.24, 2.45) is 0 Å². The van der Waals surface area contributed by atoms with Crippen LogP contribution in [-0.4, -0.2) is 74.1 Å². The number of aliphatic hydroxyl groups is 1. The first-order valence-electron chi connectivity index (χ1n) is 8.06. The number of hydrogen-bond donors (Lipinski definition) is 1. The van der Waals surface area contributed by atoms with Gasteiger partial charge in [-0.15, -0.1) is 0 Å². The molecular formula is C17H28N2O3. The second-order valence-electron chi connectivity index (χ2n) is 5.84. The van der Waals surface area contributed by atoms with Crippen LogP contribution in [0.25, 0.3) is 0 Å². The predicted molar refractivity (Wildman–Crippen MR) is 87.2 cm³/mol. The molecule has 0 radical (unpaired) electrons. The van der Waals surface area contributed by atoms with Gasteiger partial charge >= 0.3 is 0 Å². The van der Waals surface area contributed by atoms with Crippen LogP contribution in [0.4, 0.5) is 0 Å². The van der Waals surface area contributed by atoms with Crippen molar-refractivity contribution in [1.82, 2.24) is 9.80 Å². The average molecular weight is 308 g/mol. The minimum atomic E-state index is -0.335. The fourth-order valence-electron chi connectivity index (χ4n) is 2.78. The molecule has 1 fully saturated rings. The van der Waals surface area contributed by atoms with Crippen LogP contribution in [0.1, 0.15) is 12.5 Å². The van der Waals surface area contributed by atoms with Crippen LogP contribution in [0.2, 0.25) is 0 Å². The Balaban J connectivity index is 1.76. The first kappa shape index (κ1) is 17.2. The molecule has 0 bridgehead atoms. The van der Waals surface area contributed by atoms with Crippen molar-refractivity contribution in [3.63, 3.8) is 0 Å². The molecule has 124 valence electrons. The largest absolute Gasteiger partial charge is 0.494 e. The van der Waals surface area contributed by atoms with Gasteiger partial charge in [0.25, 0.3) is 0 Å². The number of ether oxygens (including phenoxy) is 2. The lowest BCUT2D eigenvalue weighted by Crippen LogP contribution is -2.43. The van der Waals surface area contributed by atoms with E-state index in [1.165, 1.54) is 5.56 Å². The van der Waals surface area contributed by atoms with E-state index in [2.05, 4.69) is 21.9 Å². The molecule has 1 aromatic carbocycles. The Morgan fingerprint density at radius 1 is 1.36 bits per heavy atom. The van der Waals surface area contributed by atoms with Gasteiger partial charge in [-0.1, -0.05) is 12.1 Å². The Hall–Kier alpha value is -1.14. The Morgan fingerprint density at radius 2 is 2.14 bits per heavy atom. The average Bonchev–Trinajstić information content (AvgIpc) is 2.48. The highest BCUT2D eigenvalue weighted by atomic mass is 16.5. The molecule has 2 rings (SSSR count). The highest BCUT2D eigenvalue weighted by Gasteiger charge is 2.16. The van der Waals surface area contributed by atoms with Gasteiger partial charge in [-0.25, -0.2) is 0 Å². The number of morpholine rings is 1. The molecule has 0 saturated carbocycles. The molecule has 0 aromatic heterocycles. The maximum absolute atomic E-state index is 10.2. The molecule has 1 atom stereocenters. The van der Waals surface area contributed by atoms with Gasteiger partial charge in [-0.2, -0.15) is 0 Å². The van der Waals surface area contributed by atoms with Crippen molar-refractivity contribution in [1.29, 1.82) is 0 Å². The summed E-state index contributed by atoms with van der Waals surface area (Å²) in [5, 5.41) is 10.2. The minimum Gasteiger partial charge on any atom is -0.494 e. The van der Waals surface area contributed by atoms with Gasteiger partial charge in [0.1, 0.15) is 5.75 Å². The zero-order valence-corrected chi connectivity index (χ0v) is 13.7. The van der Waals surface area contributed by atoms with Gasteiger partial charge in [-0.05, 0) is 31.7 Å². The minimum absolute atomic E-state index is 0.335. The lowest BCUT2D eigenvalue weighted by atomic mass is 10.2. The van der Waals surface area contributed by atoms with Gasteiger partial charge < -0.3 is 14.6 Å². The Labute approximate surface area is 133 Å². The maximum Gasteiger partial charge on any atom is 0.119 e. The van der Waals surface area contributed by atoms with Crippen LogP contribution < -0.4 is 4.74 Å². The third kappa shape index (κ3) is 5.93. The molecule has 0 aliphatic carbocycles. The molecule has 1 N–H and O–H groups in total. The van der Waals surface area contributed by atoms with Crippen LogP contribution in [0, 0.1) is 0 Å². The molecule has 22 heavy (non-hydrogen) atoms. The summed E-state index contributed by atoms with van der Waals surface area (Å²) in [5.41, 5.74) is 1.20. The van der Waals surface area contributed by atoms with Crippen LogP contribution >= 0.6 is 0 Å². The second kappa shape index (κ2) is 9.10. The summed E-state index contributed by atoms with van der Waals surface area (Å²) in [6.07, 6.45) is -0.335. The standard InChI is InChI=1S/C17H28N2O3/c1-3-22-17-6-4-5-15(11-17)12-18(2)13-16(20)14-19-7-9-21-10-8-19/h4-6,11,16,20H,3,7-10,12-14H2,1-2H3. The van der Waals surface area contributed by atoms with E-state index in [0.717, 1.165) is 38.6 Å². The van der Waals surface area contributed by atoms with Crippen LogP contribution in [-0.2, 0) is 11.3 Å². The smallest absolute Gasteiger partial charge is 0.119 e. The van der Waals surface area contributed by atoms with Crippen molar-refractivity contribution in [3.8, 4) is 5.75 Å². The van der Waals surface area contributed by atoms with Crippen molar-refractivity contribution in [2.75, 3.05) is 53.0 Å². The Morgan fingerprint density at radius 3 is 2.86 bits per heavy atom. The number of β-amino-alcohol motifs (C(OH)–C–C–N with tert-alkyl or cyclic N) is 1. The Kier molecular flexibility index (Phi) is 7.12. The third-order valence-electron chi connectivity index (χ3n) is 3.76. The monoisotopic (exact) mass is 308 g/mol.